The molecule has 0 unspecified atom stereocenters. The van der Waals surface area contributed by atoms with Gasteiger partial charge in [-0.1, -0.05) is 0 Å². The van der Waals surface area contributed by atoms with Crippen LogP contribution >= 0.6 is 0 Å². The number of nitrogens with zero attached hydrogens (tertiary/aromatic N) is 1. The number of hydrogen-bond donors (Lipinski definition) is 1. The lowest BCUT2D eigenvalue weighted by atomic mass is 10.1. The SMILES string of the molecule is CC(C)(C)N1C[C@@H](CN)CC1=O. The number of rotatable bonds is 1. The van der Waals surface area contributed by atoms with Gasteiger partial charge in [0.05, 0.1) is 0 Å². The van der Waals surface area contributed by atoms with Crippen molar-refractivity contribution in [3.8, 4) is 0 Å². The largest absolute Gasteiger partial charge is 0.338 e. The van der Waals surface area contributed by atoms with Crippen LogP contribution in [0, 0.1) is 5.92 Å². The van der Waals surface area contributed by atoms with E-state index in [0.717, 1.165) is 6.54 Å². The van der Waals surface area contributed by atoms with Crippen molar-refractivity contribution in [1.29, 1.82) is 0 Å². The summed E-state index contributed by atoms with van der Waals surface area (Å²) >= 11 is 0. The second kappa shape index (κ2) is 3.05. The first kappa shape index (κ1) is 9.52. The highest BCUT2D eigenvalue weighted by atomic mass is 16.2. The lowest BCUT2D eigenvalue weighted by Gasteiger charge is -2.32. The summed E-state index contributed by atoms with van der Waals surface area (Å²) in [6.07, 6.45) is 0.633. The summed E-state index contributed by atoms with van der Waals surface area (Å²) in [5, 5.41) is 0. The molecule has 1 saturated heterocycles. The van der Waals surface area contributed by atoms with Crippen molar-refractivity contribution in [3.05, 3.63) is 0 Å². The summed E-state index contributed by atoms with van der Waals surface area (Å²) in [5.41, 5.74) is 5.48. The molecule has 0 bridgehead atoms. The zero-order chi connectivity index (χ0) is 9.35. The Morgan fingerprint density at radius 3 is 2.42 bits per heavy atom. The molecule has 12 heavy (non-hydrogen) atoms. The molecule has 3 nitrogen and oxygen atoms in total. The highest BCUT2D eigenvalue weighted by Crippen LogP contribution is 2.24. The molecule has 0 saturated carbocycles. The number of likely N-dealkylation sites (tertiary alicyclic amines) is 1. The fourth-order valence-corrected chi connectivity index (χ4v) is 1.59. The van der Waals surface area contributed by atoms with E-state index < -0.39 is 0 Å². The molecule has 1 heterocycles. The minimum atomic E-state index is -0.0407. The first-order chi connectivity index (χ1) is 5.45. The molecule has 1 amide bonds. The summed E-state index contributed by atoms with van der Waals surface area (Å²) in [5.74, 6) is 0.620. The number of nitrogens with two attached hydrogens (primary N) is 1. The zero-order valence-corrected chi connectivity index (χ0v) is 8.13. The molecular weight excluding hydrogens is 152 g/mol. The Balaban J connectivity index is 2.64. The van der Waals surface area contributed by atoms with Crippen LogP contribution in [0.15, 0.2) is 0 Å². The van der Waals surface area contributed by atoms with Crippen molar-refractivity contribution in [3.63, 3.8) is 0 Å². The summed E-state index contributed by atoms with van der Waals surface area (Å²) in [7, 11) is 0. The van der Waals surface area contributed by atoms with E-state index in [2.05, 4.69) is 20.8 Å². The average molecular weight is 170 g/mol. The minimum absolute atomic E-state index is 0.0407. The van der Waals surface area contributed by atoms with Crippen molar-refractivity contribution in [2.45, 2.75) is 32.7 Å². The molecule has 0 aromatic rings. The monoisotopic (exact) mass is 170 g/mol. The first-order valence-corrected chi connectivity index (χ1v) is 4.45. The van der Waals surface area contributed by atoms with Crippen LogP contribution in [0.3, 0.4) is 0 Å². The second-order valence-corrected chi connectivity index (χ2v) is 4.48. The predicted molar refractivity (Wildman–Crippen MR) is 48.6 cm³/mol. The van der Waals surface area contributed by atoms with E-state index in [1.165, 1.54) is 0 Å². The Morgan fingerprint density at radius 1 is 1.58 bits per heavy atom. The average Bonchev–Trinajstić information content (AvgIpc) is 2.29. The van der Waals surface area contributed by atoms with E-state index in [-0.39, 0.29) is 11.4 Å². The van der Waals surface area contributed by atoms with E-state index in [4.69, 9.17) is 5.73 Å². The van der Waals surface area contributed by atoms with Gasteiger partial charge in [-0.15, -0.1) is 0 Å². The maximum atomic E-state index is 11.5. The van der Waals surface area contributed by atoms with Gasteiger partial charge in [0.2, 0.25) is 5.91 Å². The third kappa shape index (κ3) is 1.78. The number of carbonyl (C=O) groups is 1. The lowest BCUT2D eigenvalue weighted by molar-refractivity contribution is -0.131. The Labute approximate surface area is 73.9 Å². The van der Waals surface area contributed by atoms with Gasteiger partial charge in [0.1, 0.15) is 0 Å². The van der Waals surface area contributed by atoms with Crippen molar-refractivity contribution in [2.75, 3.05) is 13.1 Å². The van der Waals surface area contributed by atoms with Gasteiger partial charge in [-0.05, 0) is 33.2 Å². The van der Waals surface area contributed by atoms with Crippen LogP contribution in [0.4, 0.5) is 0 Å². The maximum Gasteiger partial charge on any atom is 0.223 e. The van der Waals surface area contributed by atoms with Gasteiger partial charge >= 0.3 is 0 Å². The lowest BCUT2D eigenvalue weighted by Crippen LogP contribution is -2.42. The molecule has 0 aromatic carbocycles. The fourth-order valence-electron chi connectivity index (χ4n) is 1.59. The van der Waals surface area contributed by atoms with Gasteiger partial charge in [-0.2, -0.15) is 0 Å². The van der Waals surface area contributed by atoms with Gasteiger partial charge in [-0.25, -0.2) is 0 Å². The van der Waals surface area contributed by atoms with Crippen LogP contribution in [0.1, 0.15) is 27.2 Å². The Bertz CT molecular complexity index is 183. The maximum absolute atomic E-state index is 11.5. The van der Waals surface area contributed by atoms with E-state index in [1.54, 1.807) is 0 Å². The van der Waals surface area contributed by atoms with Crippen molar-refractivity contribution in [2.24, 2.45) is 11.7 Å². The van der Waals surface area contributed by atoms with Crippen molar-refractivity contribution < 1.29 is 4.79 Å². The molecule has 1 atom stereocenters. The topological polar surface area (TPSA) is 46.3 Å². The first-order valence-electron chi connectivity index (χ1n) is 4.45. The number of carbonyl (C=O) groups excluding carboxylic acids is 1. The van der Waals surface area contributed by atoms with Crippen molar-refractivity contribution in [1.82, 2.24) is 4.90 Å². The molecule has 3 heteroatoms. The zero-order valence-electron chi connectivity index (χ0n) is 8.13. The van der Waals surface area contributed by atoms with Gasteiger partial charge in [0, 0.05) is 18.5 Å². The molecule has 0 aliphatic carbocycles. The van der Waals surface area contributed by atoms with Crippen LogP contribution in [-0.4, -0.2) is 29.4 Å². The summed E-state index contributed by atoms with van der Waals surface area (Å²) < 4.78 is 0. The summed E-state index contributed by atoms with van der Waals surface area (Å²) in [6.45, 7) is 7.63. The number of amides is 1. The molecule has 0 spiro atoms. The third-order valence-electron chi connectivity index (χ3n) is 2.35. The molecule has 70 valence electrons. The van der Waals surface area contributed by atoms with E-state index in [1.807, 2.05) is 4.90 Å². The van der Waals surface area contributed by atoms with Crippen LogP contribution < -0.4 is 5.73 Å². The normalized spacial score (nSPS) is 25.2. The fraction of sp³-hybridized carbons (Fsp3) is 0.889. The minimum Gasteiger partial charge on any atom is -0.338 e. The summed E-state index contributed by atoms with van der Waals surface area (Å²) in [4.78, 5) is 13.4. The standard InChI is InChI=1S/C9H18N2O/c1-9(2,3)11-6-7(5-10)4-8(11)12/h7H,4-6,10H2,1-3H3/t7-/m1/s1. The molecular formula is C9H18N2O. The molecule has 0 radical (unpaired) electrons. The molecule has 1 aliphatic heterocycles. The van der Waals surface area contributed by atoms with E-state index in [0.29, 0.717) is 18.9 Å². The molecule has 2 N–H and O–H groups in total. The quantitative estimate of drug-likeness (QED) is 0.626. The Morgan fingerprint density at radius 2 is 2.17 bits per heavy atom. The van der Waals surface area contributed by atoms with Crippen molar-refractivity contribution >= 4 is 5.91 Å². The third-order valence-corrected chi connectivity index (χ3v) is 2.35. The molecule has 1 fully saturated rings. The smallest absolute Gasteiger partial charge is 0.223 e. The molecule has 1 rings (SSSR count). The highest BCUT2D eigenvalue weighted by Gasteiger charge is 2.35. The molecule has 1 aliphatic rings. The van der Waals surface area contributed by atoms with Gasteiger partial charge in [-0.3, -0.25) is 4.79 Å². The van der Waals surface area contributed by atoms with Crippen LogP contribution in [0.5, 0.6) is 0 Å². The Kier molecular flexibility index (Phi) is 2.42. The summed E-state index contributed by atoms with van der Waals surface area (Å²) in [6, 6.07) is 0. The van der Waals surface area contributed by atoms with Crippen LogP contribution in [0.25, 0.3) is 0 Å². The van der Waals surface area contributed by atoms with E-state index >= 15 is 0 Å². The highest BCUT2D eigenvalue weighted by molar-refractivity contribution is 5.79. The van der Waals surface area contributed by atoms with Gasteiger partial charge in [0.25, 0.3) is 0 Å². The molecule has 0 aromatic heterocycles. The second-order valence-electron chi connectivity index (χ2n) is 4.48. The Hall–Kier alpha value is -0.570. The van der Waals surface area contributed by atoms with Crippen LogP contribution in [0.2, 0.25) is 0 Å². The van der Waals surface area contributed by atoms with Crippen LogP contribution in [-0.2, 0) is 4.79 Å². The predicted octanol–water partition coefficient (Wildman–Crippen LogP) is 0.592. The van der Waals surface area contributed by atoms with Gasteiger partial charge < -0.3 is 10.6 Å². The number of hydrogen-bond acceptors (Lipinski definition) is 2. The van der Waals surface area contributed by atoms with E-state index in [9.17, 15) is 4.79 Å². The van der Waals surface area contributed by atoms with Gasteiger partial charge in [0.15, 0.2) is 0 Å².